The van der Waals surface area contributed by atoms with Crippen LogP contribution in [0.3, 0.4) is 0 Å². The summed E-state index contributed by atoms with van der Waals surface area (Å²) in [6.45, 7) is 9.73. The van der Waals surface area contributed by atoms with Gasteiger partial charge in [-0.3, -0.25) is 33.8 Å². The molecule has 0 spiro atoms. The third kappa shape index (κ3) is 9.68. The third-order valence-corrected chi connectivity index (χ3v) is 16.6. The van der Waals surface area contributed by atoms with Gasteiger partial charge in [-0.05, 0) is 55.2 Å². The first-order valence-corrected chi connectivity index (χ1v) is 26.1. The van der Waals surface area contributed by atoms with Gasteiger partial charge in [-0.15, -0.1) is 11.3 Å². The molecule has 3 aromatic heterocycles. The van der Waals surface area contributed by atoms with Crippen molar-refractivity contribution >= 4 is 46.6 Å². The molecule has 392 valence electrons. The quantitative estimate of drug-likeness (QED) is 0.0667. The summed E-state index contributed by atoms with van der Waals surface area (Å²) in [6.07, 6.45) is 3.26. The highest BCUT2D eigenvalue weighted by atomic mass is 32.1. The van der Waals surface area contributed by atoms with Crippen LogP contribution in [0.1, 0.15) is 104 Å². The Bertz CT molecular complexity index is 2980. The maximum atomic E-state index is 14.7. The molecule has 17 nitrogen and oxygen atoms in total. The number of benzene rings is 2. The van der Waals surface area contributed by atoms with Crippen molar-refractivity contribution < 1.29 is 47.0 Å². The number of H-pyrrole nitrogens is 1. The Hall–Kier alpha value is -6.61. The van der Waals surface area contributed by atoms with Crippen LogP contribution in [-0.4, -0.2) is 125 Å². The average molecular weight is 1040 g/mol. The second-order valence-electron chi connectivity index (χ2n) is 22.0. The lowest BCUT2D eigenvalue weighted by atomic mass is 9.85. The molecule has 2 aromatic carbocycles. The van der Waals surface area contributed by atoms with Crippen molar-refractivity contribution in [2.75, 3.05) is 31.6 Å². The fraction of sp³-hybridized carbons (Fsp3) is 0.509. The summed E-state index contributed by atoms with van der Waals surface area (Å²) in [4.78, 5) is 76.1. The average Bonchev–Trinajstić information content (AvgIpc) is 3.72. The minimum absolute atomic E-state index is 0.000609. The van der Waals surface area contributed by atoms with Gasteiger partial charge in [0.2, 0.25) is 17.7 Å². The van der Waals surface area contributed by atoms with Crippen molar-refractivity contribution in [3.8, 4) is 16.2 Å². The second kappa shape index (κ2) is 19.3. The summed E-state index contributed by atoms with van der Waals surface area (Å²) < 4.78 is 52.0. The van der Waals surface area contributed by atoms with Crippen molar-refractivity contribution in [3.05, 3.63) is 100 Å². The number of aromatic nitrogens is 5. The van der Waals surface area contributed by atoms with Gasteiger partial charge in [-0.2, -0.15) is 10.2 Å². The van der Waals surface area contributed by atoms with Gasteiger partial charge in [0, 0.05) is 85.7 Å². The SMILES string of the molecule is Cc1ncsc1-c1ccc(CNC(=O)[C@@H]2C[C@@H](O)CN2C(=O)C(NC(=O)C2(F)CC2)C(C)(C)C)c(OCCCC(=O)N2CC(C(c3ccccc3)n3cc(NC(=O)c4n[nH]c5c4C[C@@H]4C(F)(F)[C@]4(C)C5)cn3)C2)c1. The van der Waals surface area contributed by atoms with Gasteiger partial charge in [-0.25, -0.2) is 18.2 Å². The number of fused-ring (bicyclic) bond motifs is 2. The van der Waals surface area contributed by atoms with Crippen LogP contribution in [0.2, 0.25) is 0 Å². The molecule has 21 heteroatoms. The van der Waals surface area contributed by atoms with Crippen LogP contribution in [-0.2, 0) is 38.6 Å². The molecule has 2 saturated carbocycles. The van der Waals surface area contributed by atoms with E-state index in [1.54, 1.807) is 49.0 Å². The number of β-amino-alcohol motifs (C(OH)–C–C–N with tert-alkyl or cyclic N) is 1. The van der Waals surface area contributed by atoms with Crippen molar-refractivity contribution in [2.45, 2.75) is 122 Å². The van der Waals surface area contributed by atoms with Crippen molar-refractivity contribution in [2.24, 2.45) is 22.7 Å². The van der Waals surface area contributed by atoms with E-state index in [0.29, 0.717) is 47.8 Å². The number of carbonyl (C=O) groups is 5. The molecular formula is C53H61F3N10O7S. The van der Waals surface area contributed by atoms with E-state index in [4.69, 9.17) is 4.74 Å². The summed E-state index contributed by atoms with van der Waals surface area (Å²) in [7, 11) is 0. The molecule has 0 bridgehead atoms. The van der Waals surface area contributed by atoms with E-state index in [0.717, 1.165) is 21.7 Å². The molecule has 5 N–H and O–H groups in total. The third-order valence-electron chi connectivity index (χ3n) is 15.7. The number of aliphatic hydroxyl groups excluding tert-OH is 1. The normalized spacial score (nSPS) is 23.2. The monoisotopic (exact) mass is 1040 g/mol. The zero-order valence-electron chi connectivity index (χ0n) is 41.9. The number of hydrogen-bond donors (Lipinski definition) is 5. The molecule has 2 unspecified atom stereocenters. The van der Waals surface area contributed by atoms with E-state index in [1.807, 2.05) is 55.5 Å². The summed E-state index contributed by atoms with van der Waals surface area (Å²) >= 11 is 1.48. The Morgan fingerprint density at radius 3 is 2.50 bits per heavy atom. The Kier molecular flexibility index (Phi) is 13.3. The van der Waals surface area contributed by atoms with Crippen molar-refractivity contribution in [1.82, 2.24) is 45.4 Å². The molecule has 10 rings (SSSR count). The largest absolute Gasteiger partial charge is 0.493 e. The topological polar surface area (TPSA) is 217 Å². The number of aromatic amines is 1. The van der Waals surface area contributed by atoms with Crippen molar-refractivity contribution in [1.29, 1.82) is 0 Å². The maximum absolute atomic E-state index is 14.7. The molecule has 5 aliphatic rings. The Labute approximate surface area is 430 Å². The number of halogens is 3. The van der Waals surface area contributed by atoms with Gasteiger partial charge >= 0.3 is 0 Å². The highest BCUT2D eigenvalue weighted by molar-refractivity contribution is 7.13. The van der Waals surface area contributed by atoms with Gasteiger partial charge in [0.25, 0.3) is 17.7 Å². The number of thiazole rings is 1. The Morgan fingerprint density at radius 1 is 1.04 bits per heavy atom. The molecule has 74 heavy (non-hydrogen) atoms. The number of anilines is 1. The first-order valence-electron chi connectivity index (χ1n) is 25.2. The molecule has 6 atom stereocenters. The predicted octanol–water partition coefficient (Wildman–Crippen LogP) is 6.18. The molecule has 5 aromatic rings. The number of hydrogen-bond acceptors (Lipinski definition) is 11. The van der Waals surface area contributed by atoms with E-state index in [1.165, 1.54) is 22.4 Å². The van der Waals surface area contributed by atoms with Crippen LogP contribution in [0.5, 0.6) is 5.75 Å². The minimum Gasteiger partial charge on any atom is -0.493 e. The lowest BCUT2D eigenvalue weighted by molar-refractivity contribution is -0.145. The fourth-order valence-corrected chi connectivity index (χ4v) is 11.7. The highest BCUT2D eigenvalue weighted by Crippen LogP contribution is 2.70. The number of nitrogens with zero attached hydrogens (tertiary/aromatic N) is 6. The van der Waals surface area contributed by atoms with Crippen LogP contribution in [0, 0.1) is 29.6 Å². The fourth-order valence-electron chi connectivity index (χ4n) is 10.9. The van der Waals surface area contributed by atoms with E-state index in [-0.39, 0.29) is 81.8 Å². The standard InChI is InChI=1S/C53H61F3N10O7S/c1-29-44(74-28-58-29)31-13-14-32(22-57-46(69)38-19-35(67)27-65(38)48(71)45(50(2,3)4)61-49(72)52(54)15-16-52)39(18-31)73-17-9-12-41(68)64-24-33(25-64)43(30-10-7-6-8-11-30)66-26-34(23-59-66)60-47(70)42-36-20-40-51(5,53(40,55)56)21-37(36)62-63-42/h6-8,10-11,13-14,18,23,26,28,33,35,38,40,43,45,67H,9,12,15-17,19-22,24-25,27H2,1-5H3,(H,57,69)(H,60,70)(H,61,72)(H,62,63)/t35-,38+,40+,43?,45?,51-/m1/s1. The van der Waals surface area contributed by atoms with E-state index in [9.17, 15) is 42.3 Å². The molecule has 2 aliphatic heterocycles. The molecule has 5 heterocycles. The first kappa shape index (κ1) is 50.9. The highest BCUT2D eigenvalue weighted by Gasteiger charge is 2.78. The molecular weight excluding hydrogens is 978 g/mol. The number of alkyl halides is 3. The lowest BCUT2D eigenvalue weighted by Crippen LogP contribution is -2.59. The van der Waals surface area contributed by atoms with Gasteiger partial charge < -0.3 is 35.6 Å². The minimum atomic E-state index is -2.78. The Balaban J connectivity index is 0.751. The van der Waals surface area contributed by atoms with E-state index < -0.39 is 70.2 Å². The molecule has 3 aliphatic carbocycles. The molecule has 5 amide bonds. The van der Waals surface area contributed by atoms with Crippen molar-refractivity contribution in [3.63, 3.8) is 0 Å². The van der Waals surface area contributed by atoms with E-state index >= 15 is 0 Å². The number of likely N-dealkylation sites (tertiary alicyclic amines) is 2. The lowest BCUT2D eigenvalue weighted by Gasteiger charge is -2.43. The maximum Gasteiger partial charge on any atom is 0.276 e. The predicted molar refractivity (Wildman–Crippen MR) is 267 cm³/mol. The Morgan fingerprint density at radius 2 is 1.80 bits per heavy atom. The van der Waals surface area contributed by atoms with Crippen LogP contribution >= 0.6 is 11.3 Å². The number of aliphatic hydroxyl groups is 1. The smallest absolute Gasteiger partial charge is 0.276 e. The summed E-state index contributed by atoms with van der Waals surface area (Å²) in [5, 5.41) is 30.7. The zero-order valence-corrected chi connectivity index (χ0v) is 42.7. The zero-order chi connectivity index (χ0) is 52.5. The summed E-state index contributed by atoms with van der Waals surface area (Å²) in [5.74, 6) is -5.60. The number of nitrogens with one attached hydrogen (secondary N) is 4. The summed E-state index contributed by atoms with van der Waals surface area (Å²) in [5.41, 5.74) is 2.76. The first-order chi connectivity index (χ1) is 35.1. The number of rotatable bonds is 17. The number of amides is 5. The molecule has 0 radical (unpaired) electrons. The number of carbonyl (C=O) groups excluding carboxylic acids is 5. The van der Waals surface area contributed by atoms with Crippen LogP contribution in [0.25, 0.3) is 10.4 Å². The van der Waals surface area contributed by atoms with Crippen LogP contribution in [0.15, 0.2) is 66.4 Å². The molecule has 4 fully saturated rings. The van der Waals surface area contributed by atoms with Gasteiger partial charge in [0.15, 0.2) is 11.4 Å². The van der Waals surface area contributed by atoms with Crippen LogP contribution < -0.4 is 20.7 Å². The van der Waals surface area contributed by atoms with Gasteiger partial charge in [0.1, 0.15) is 17.8 Å². The second-order valence-corrected chi connectivity index (χ2v) is 22.8. The van der Waals surface area contributed by atoms with Gasteiger partial charge in [-0.1, -0.05) is 70.2 Å². The van der Waals surface area contributed by atoms with Crippen LogP contribution in [0.4, 0.5) is 18.9 Å². The summed E-state index contributed by atoms with van der Waals surface area (Å²) in [6, 6.07) is 13.0. The number of ether oxygens (including phenoxy) is 1. The molecule has 2 saturated heterocycles. The van der Waals surface area contributed by atoms with E-state index in [2.05, 4.69) is 36.2 Å². The van der Waals surface area contributed by atoms with Gasteiger partial charge in [0.05, 0.1) is 46.7 Å². The number of aryl methyl sites for hydroxylation is 1.